The second kappa shape index (κ2) is 8.25. The number of nitrogens with two attached hydrogens (primary N) is 1. The first-order valence-corrected chi connectivity index (χ1v) is 9.15. The molecule has 1 atom stereocenters. The van der Waals surface area contributed by atoms with Crippen LogP contribution in [-0.2, 0) is 4.79 Å². The third-order valence-corrected chi connectivity index (χ3v) is 5.13. The molecule has 1 aliphatic heterocycles. The van der Waals surface area contributed by atoms with E-state index in [4.69, 9.17) is 28.9 Å². The molecule has 0 aromatic heterocycles. The van der Waals surface area contributed by atoms with Crippen molar-refractivity contribution in [3.05, 3.63) is 69.5 Å². The number of piperazine rings is 1. The lowest BCUT2D eigenvalue weighted by molar-refractivity contribution is -0.124. The van der Waals surface area contributed by atoms with Gasteiger partial charge in [-0.25, -0.2) is 4.39 Å². The molecule has 0 radical (unpaired) electrons. The van der Waals surface area contributed by atoms with Gasteiger partial charge in [0, 0.05) is 31.2 Å². The van der Waals surface area contributed by atoms with E-state index in [2.05, 4.69) is 0 Å². The lowest BCUT2D eigenvalue weighted by Crippen LogP contribution is -2.51. The third-order valence-electron chi connectivity index (χ3n) is 4.58. The van der Waals surface area contributed by atoms with Gasteiger partial charge in [-0.2, -0.15) is 0 Å². The van der Waals surface area contributed by atoms with Gasteiger partial charge in [-0.3, -0.25) is 14.5 Å². The van der Waals surface area contributed by atoms with E-state index in [1.807, 2.05) is 4.90 Å². The predicted molar refractivity (Wildman–Crippen MR) is 102 cm³/mol. The quantitative estimate of drug-likeness (QED) is 0.843. The minimum Gasteiger partial charge on any atom is -0.368 e. The monoisotopic (exact) mass is 409 g/mol. The highest BCUT2D eigenvalue weighted by molar-refractivity contribution is 6.36. The molecule has 2 aromatic carbocycles. The van der Waals surface area contributed by atoms with Crippen LogP contribution in [0.25, 0.3) is 0 Å². The summed E-state index contributed by atoms with van der Waals surface area (Å²) >= 11 is 12.0. The molecule has 2 aromatic rings. The summed E-state index contributed by atoms with van der Waals surface area (Å²) < 4.78 is 13.2. The topological polar surface area (TPSA) is 66.6 Å². The Morgan fingerprint density at radius 2 is 1.63 bits per heavy atom. The van der Waals surface area contributed by atoms with Gasteiger partial charge in [0.1, 0.15) is 11.9 Å². The van der Waals surface area contributed by atoms with E-state index >= 15 is 0 Å². The zero-order valence-corrected chi connectivity index (χ0v) is 15.9. The van der Waals surface area contributed by atoms with Gasteiger partial charge >= 0.3 is 0 Å². The molecule has 1 fully saturated rings. The molecular formula is C19H18Cl2FN3O2. The second-order valence-electron chi connectivity index (χ2n) is 6.31. The Morgan fingerprint density at radius 1 is 1.00 bits per heavy atom. The fourth-order valence-electron chi connectivity index (χ4n) is 3.22. The van der Waals surface area contributed by atoms with Crippen LogP contribution in [-0.4, -0.2) is 47.8 Å². The summed E-state index contributed by atoms with van der Waals surface area (Å²) in [5, 5.41) is 0.765. The average Bonchev–Trinajstić information content (AvgIpc) is 2.63. The SMILES string of the molecule is NC(=O)C(c1ccc(F)cc1)N1CCN(C(=O)c2ccc(Cl)cc2Cl)CC1. The zero-order chi connectivity index (χ0) is 19.6. The number of primary amides is 1. The van der Waals surface area contributed by atoms with Gasteiger partial charge in [0.25, 0.3) is 5.91 Å². The minimum atomic E-state index is -0.665. The second-order valence-corrected chi connectivity index (χ2v) is 7.15. The van der Waals surface area contributed by atoms with Crippen molar-refractivity contribution in [1.29, 1.82) is 0 Å². The maximum Gasteiger partial charge on any atom is 0.255 e. The molecule has 1 heterocycles. The normalized spacial score (nSPS) is 16.2. The molecule has 0 saturated carbocycles. The van der Waals surface area contributed by atoms with E-state index in [1.54, 1.807) is 29.2 Å². The summed E-state index contributed by atoms with van der Waals surface area (Å²) in [6.07, 6.45) is 0. The summed E-state index contributed by atoms with van der Waals surface area (Å²) in [6, 6.07) is 9.79. The molecule has 3 rings (SSSR count). The van der Waals surface area contributed by atoms with Crippen molar-refractivity contribution in [1.82, 2.24) is 9.80 Å². The number of carbonyl (C=O) groups is 2. The van der Waals surface area contributed by atoms with Crippen LogP contribution in [0.5, 0.6) is 0 Å². The van der Waals surface area contributed by atoms with E-state index < -0.39 is 11.9 Å². The first kappa shape index (κ1) is 19.6. The van der Waals surface area contributed by atoms with Crippen LogP contribution in [0, 0.1) is 5.82 Å². The van der Waals surface area contributed by atoms with Crippen LogP contribution in [0.3, 0.4) is 0 Å². The van der Waals surface area contributed by atoms with Crippen molar-refractivity contribution in [2.75, 3.05) is 26.2 Å². The average molecular weight is 410 g/mol. The lowest BCUT2D eigenvalue weighted by Gasteiger charge is -2.38. The Kier molecular flexibility index (Phi) is 5.99. The Hall–Kier alpha value is -2.15. The number of hydrogen-bond donors (Lipinski definition) is 1. The van der Waals surface area contributed by atoms with Gasteiger partial charge in [-0.1, -0.05) is 35.3 Å². The summed E-state index contributed by atoms with van der Waals surface area (Å²) in [4.78, 5) is 28.2. The number of nitrogens with zero attached hydrogens (tertiary/aromatic N) is 2. The van der Waals surface area contributed by atoms with Crippen LogP contribution in [0.2, 0.25) is 10.0 Å². The lowest BCUT2D eigenvalue weighted by atomic mass is 10.0. The minimum absolute atomic E-state index is 0.186. The van der Waals surface area contributed by atoms with Crippen LogP contribution in [0.4, 0.5) is 4.39 Å². The number of hydrogen-bond acceptors (Lipinski definition) is 3. The van der Waals surface area contributed by atoms with Gasteiger partial charge in [0.2, 0.25) is 5.91 Å². The highest BCUT2D eigenvalue weighted by Gasteiger charge is 2.31. The molecule has 1 aliphatic rings. The van der Waals surface area contributed by atoms with Crippen LogP contribution < -0.4 is 5.73 Å². The van der Waals surface area contributed by atoms with Crippen molar-refractivity contribution < 1.29 is 14.0 Å². The molecule has 142 valence electrons. The van der Waals surface area contributed by atoms with Crippen molar-refractivity contribution in [2.24, 2.45) is 5.73 Å². The highest BCUT2D eigenvalue weighted by Crippen LogP contribution is 2.25. The van der Waals surface area contributed by atoms with Gasteiger partial charge in [-0.05, 0) is 35.9 Å². The maximum atomic E-state index is 13.2. The molecule has 8 heteroatoms. The molecule has 27 heavy (non-hydrogen) atoms. The van der Waals surface area contributed by atoms with Crippen molar-refractivity contribution >= 4 is 35.0 Å². The van der Waals surface area contributed by atoms with Gasteiger partial charge < -0.3 is 10.6 Å². The maximum absolute atomic E-state index is 13.2. The molecule has 1 saturated heterocycles. The molecule has 0 spiro atoms. The van der Waals surface area contributed by atoms with Crippen molar-refractivity contribution in [3.63, 3.8) is 0 Å². The molecule has 2 N–H and O–H groups in total. The number of halogens is 3. The number of amides is 2. The third kappa shape index (κ3) is 4.40. The molecule has 0 bridgehead atoms. The smallest absolute Gasteiger partial charge is 0.255 e. The first-order chi connectivity index (χ1) is 12.9. The van der Waals surface area contributed by atoms with E-state index in [-0.39, 0.29) is 11.7 Å². The fraction of sp³-hybridized carbons (Fsp3) is 0.263. The molecule has 1 unspecified atom stereocenters. The van der Waals surface area contributed by atoms with Gasteiger partial charge in [0.05, 0.1) is 10.6 Å². The highest BCUT2D eigenvalue weighted by atomic mass is 35.5. The predicted octanol–water partition coefficient (Wildman–Crippen LogP) is 3.12. The molecular weight excluding hydrogens is 392 g/mol. The Bertz CT molecular complexity index is 853. The van der Waals surface area contributed by atoms with E-state index in [9.17, 15) is 14.0 Å². The summed E-state index contributed by atoms with van der Waals surface area (Å²) in [5.74, 6) is -1.08. The van der Waals surface area contributed by atoms with Gasteiger partial charge in [0.15, 0.2) is 0 Å². The van der Waals surface area contributed by atoms with Crippen LogP contribution in [0.15, 0.2) is 42.5 Å². The first-order valence-electron chi connectivity index (χ1n) is 8.40. The number of rotatable bonds is 4. The van der Waals surface area contributed by atoms with E-state index in [1.165, 1.54) is 18.2 Å². The summed E-state index contributed by atoms with van der Waals surface area (Å²) in [7, 11) is 0. The van der Waals surface area contributed by atoms with Gasteiger partial charge in [-0.15, -0.1) is 0 Å². The van der Waals surface area contributed by atoms with E-state index in [0.717, 1.165) is 0 Å². The largest absolute Gasteiger partial charge is 0.368 e. The van der Waals surface area contributed by atoms with Crippen molar-refractivity contribution in [3.8, 4) is 0 Å². The summed E-state index contributed by atoms with van der Waals surface area (Å²) in [6.45, 7) is 1.76. The standard InChI is InChI=1S/C19H18Cl2FN3O2/c20-13-3-6-15(16(21)11-13)19(27)25-9-7-24(8-10-25)17(18(23)26)12-1-4-14(22)5-2-12/h1-6,11,17H,7-10H2,(H2,23,26). The number of carbonyl (C=O) groups excluding carboxylic acids is 2. The molecule has 0 aliphatic carbocycles. The van der Waals surface area contributed by atoms with E-state index in [0.29, 0.717) is 47.4 Å². The van der Waals surface area contributed by atoms with Crippen LogP contribution in [0.1, 0.15) is 22.0 Å². The summed E-state index contributed by atoms with van der Waals surface area (Å²) in [5.41, 5.74) is 6.59. The Morgan fingerprint density at radius 3 is 2.19 bits per heavy atom. The zero-order valence-electron chi connectivity index (χ0n) is 14.4. The van der Waals surface area contributed by atoms with Crippen LogP contribution >= 0.6 is 23.2 Å². The number of benzene rings is 2. The molecule has 2 amide bonds. The fourth-order valence-corrected chi connectivity index (χ4v) is 3.71. The Labute approximate surface area is 166 Å². The van der Waals surface area contributed by atoms with Crippen molar-refractivity contribution in [2.45, 2.75) is 6.04 Å². The Balaban J connectivity index is 1.70. The molecule has 5 nitrogen and oxygen atoms in total.